The number of fused-ring (bicyclic) bond motifs is 2. The molecular formula is C22H29N5O. The van der Waals surface area contributed by atoms with Gasteiger partial charge in [0.1, 0.15) is 0 Å². The maximum absolute atomic E-state index is 13.1. The third-order valence-electron chi connectivity index (χ3n) is 6.11. The molecule has 2 atom stereocenters. The highest BCUT2D eigenvalue weighted by Gasteiger charge is 2.36. The molecule has 148 valence electrons. The van der Waals surface area contributed by atoms with Gasteiger partial charge in [0.2, 0.25) is 5.95 Å². The van der Waals surface area contributed by atoms with Crippen LogP contribution in [0.25, 0.3) is 11.3 Å². The number of likely N-dealkylation sites (tertiary alicyclic amines) is 1. The lowest BCUT2D eigenvalue weighted by Gasteiger charge is -2.26. The van der Waals surface area contributed by atoms with Gasteiger partial charge in [-0.05, 0) is 51.4 Å². The minimum atomic E-state index is 0.139. The average molecular weight is 380 g/mol. The van der Waals surface area contributed by atoms with Gasteiger partial charge in [0, 0.05) is 56.1 Å². The van der Waals surface area contributed by atoms with Crippen LogP contribution in [0.4, 0.5) is 5.95 Å². The zero-order valence-electron chi connectivity index (χ0n) is 17.2. The van der Waals surface area contributed by atoms with Gasteiger partial charge in [-0.15, -0.1) is 0 Å². The highest BCUT2D eigenvalue weighted by molar-refractivity contribution is 5.94. The summed E-state index contributed by atoms with van der Waals surface area (Å²) in [7, 11) is 6.08. The van der Waals surface area contributed by atoms with Crippen LogP contribution in [0.2, 0.25) is 0 Å². The number of hydrogen-bond acceptors (Lipinski definition) is 5. The molecule has 6 nitrogen and oxygen atoms in total. The summed E-state index contributed by atoms with van der Waals surface area (Å²) in [5.74, 6) is 0.833. The summed E-state index contributed by atoms with van der Waals surface area (Å²) in [6, 6.07) is 11.0. The smallest absolute Gasteiger partial charge is 0.253 e. The summed E-state index contributed by atoms with van der Waals surface area (Å²) in [5.41, 5.74) is 3.56. The van der Waals surface area contributed by atoms with Crippen LogP contribution in [0.1, 0.15) is 35.3 Å². The Morgan fingerprint density at radius 3 is 2.50 bits per heavy atom. The maximum Gasteiger partial charge on any atom is 0.253 e. The van der Waals surface area contributed by atoms with Crippen LogP contribution < -0.4 is 4.90 Å². The second-order valence-electron chi connectivity index (χ2n) is 8.26. The zero-order chi connectivity index (χ0) is 19.8. The number of benzene rings is 1. The van der Waals surface area contributed by atoms with Gasteiger partial charge in [-0.2, -0.15) is 0 Å². The van der Waals surface area contributed by atoms with E-state index in [1.807, 2.05) is 61.2 Å². The standard InChI is InChI=1S/C22H29N5O/c1-15-13-20(24-22(23-15)25(2)3)16-5-7-17(8-6-16)21(28)27-12-11-18-9-10-19(14-27)26(18)4/h5-8,13,18-19H,9-12,14H2,1-4H3/t18-,19+/m0/s1. The van der Waals surface area contributed by atoms with Crippen LogP contribution in [0.15, 0.2) is 30.3 Å². The molecule has 1 aromatic heterocycles. The number of hydrogen-bond donors (Lipinski definition) is 0. The monoisotopic (exact) mass is 379 g/mol. The summed E-state index contributed by atoms with van der Waals surface area (Å²) < 4.78 is 0. The Balaban J connectivity index is 1.53. The normalized spacial score (nSPS) is 22.2. The van der Waals surface area contributed by atoms with Crippen molar-refractivity contribution in [1.82, 2.24) is 19.8 Å². The van der Waals surface area contributed by atoms with Gasteiger partial charge in [-0.3, -0.25) is 9.69 Å². The number of amides is 1. The lowest BCUT2D eigenvalue weighted by molar-refractivity contribution is 0.0740. The number of aryl methyl sites for hydroxylation is 1. The number of rotatable bonds is 3. The molecular weight excluding hydrogens is 350 g/mol. The van der Waals surface area contributed by atoms with Gasteiger partial charge in [0.25, 0.3) is 5.91 Å². The summed E-state index contributed by atoms with van der Waals surface area (Å²) >= 11 is 0. The Kier molecular flexibility index (Phi) is 5.06. The molecule has 28 heavy (non-hydrogen) atoms. The third kappa shape index (κ3) is 3.61. The van der Waals surface area contributed by atoms with Gasteiger partial charge < -0.3 is 9.80 Å². The van der Waals surface area contributed by atoms with Crippen molar-refractivity contribution in [2.24, 2.45) is 0 Å². The number of carbonyl (C=O) groups excluding carboxylic acids is 1. The van der Waals surface area contributed by atoms with Crippen molar-refractivity contribution in [3.8, 4) is 11.3 Å². The van der Waals surface area contributed by atoms with E-state index >= 15 is 0 Å². The SMILES string of the molecule is Cc1cc(-c2ccc(C(=O)N3CC[C@@H]4CC[C@H](C3)N4C)cc2)nc(N(C)C)n1. The molecule has 2 aliphatic rings. The fourth-order valence-electron chi connectivity index (χ4n) is 4.36. The second kappa shape index (κ2) is 7.51. The highest BCUT2D eigenvalue weighted by Crippen LogP contribution is 2.29. The summed E-state index contributed by atoms with van der Waals surface area (Å²) in [6.07, 6.45) is 3.54. The van der Waals surface area contributed by atoms with Crippen LogP contribution in [-0.4, -0.2) is 72.0 Å². The number of carbonyl (C=O) groups is 1. The van der Waals surface area contributed by atoms with Gasteiger partial charge in [-0.1, -0.05) is 12.1 Å². The molecule has 0 radical (unpaired) electrons. The van der Waals surface area contributed by atoms with Crippen molar-refractivity contribution in [2.75, 3.05) is 39.1 Å². The minimum absolute atomic E-state index is 0.139. The Labute approximate surface area is 167 Å². The van der Waals surface area contributed by atoms with Gasteiger partial charge >= 0.3 is 0 Å². The summed E-state index contributed by atoms with van der Waals surface area (Å²) in [6.45, 7) is 3.66. The molecule has 2 bridgehead atoms. The average Bonchev–Trinajstić information content (AvgIpc) is 2.92. The Morgan fingerprint density at radius 2 is 1.79 bits per heavy atom. The molecule has 0 aliphatic carbocycles. The largest absolute Gasteiger partial charge is 0.347 e. The molecule has 2 fully saturated rings. The molecule has 2 aliphatic heterocycles. The zero-order valence-corrected chi connectivity index (χ0v) is 17.2. The van der Waals surface area contributed by atoms with E-state index in [4.69, 9.17) is 0 Å². The molecule has 2 aromatic rings. The Morgan fingerprint density at radius 1 is 1.07 bits per heavy atom. The van der Waals surface area contributed by atoms with Crippen molar-refractivity contribution < 1.29 is 4.79 Å². The molecule has 1 amide bonds. The molecule has 0 unspecified atom stereocenters. The van der Waals surface area contributed by atoms with Crippen molar-refractivity contribution in [2.45, 2.75) is 38.3 Å². The van der Waals surface area contributed by atoms with Crippen LogP contribution in [0.5, 0.6) is 0 Å². The van der Waals surface area contributed by atoms with Gasteiger partial charge in [-0.25, -0.2) is 9.97 Å². The summed E-state index contributed by atoms with van der Waals surface area (Å²) in [4.78, 5) is 28.5. The number of likely N-dealkylation sites (N-methyl/N-ethyl adjacent to an activating group) is 1. The van der Waals surface area contributed by atoms with Crippen molar-refractivity contribution in [1.29, 1.82) is 0 Å². The molecule has 0 spiro atoms. The van der Waals surface area contributed by atoms with Crippen molar-refractivity contribution in [3.63, 3.8) is 0 Å². The van der Waals surface area contributed by atoms with E-state index in [0.29, 0.717) is 18.0 Å². The number of anilines is 1. The fraction of sp³-hybridized carbons (Fsp3) is 0.500. The maximum atomic E-state index is 13.1. The van der Waals surface area contributed by atoms with E-state index in [1.54, 1.807) is 0 Å². The second-order valence-corrected chi connectivity index (χ2v) is 8.26. The fourth-order valence-corrected chi connectivity index (χ4v) is 4.36. The van der Waals surface area contributed by atoms with E-state index < -0.39 is 0 Å². The topological polar surface area (TPSA) is 52.6 Å². The summed E-state index contributed by atoms with van der Waals surface area (Å²) in [5, 5.41) is 0. The Hall–Kier alpha value is -2.47. The van der Waals surface area contributed by atoms with Crippen molar-refractivity contribution >= 4 is 11.9 Å². The predicted octanol–water partition coefficient (Wildman–Crippen LogP) is 2.83. The molecule has 0 N–H and O–H groups in total. The molecule has 3 heterocycles. The van der Waals surface area contributed by atoms with Crippen LogP contribution in [0.3, 0.4) is 0 Å². The highest BCUT2D eigenvalue weighted by atomic mass is 16.2. The number of aromatic nitrogens is 2. The quantitative estimate of drug-likeness (QED) is 0.821. The first kappa shape index (κ1) is 18.9. The minimum Gasteiger partial charge on any atom is -0.347 e. The molecule has 2 saturated heterocycles. The van der Waals surface area contributed by atoms with E-state index in [9.17, 15) is 4.79 Å². The van der Waals surface area contributed by atoms with E-state index in [-0.39, 0.29) is 5.91 Å². The van der Waals surface area contributed by atoms with Gasteiger partial charge in [0.15, 0.2) is 0 Å². The Bertz CT molecular complexity index is 864. The first-order valence-corrected chi connectivity index (χ1v) is 10.1. The number of nitrogens with zero attached hydrogens (tertiary/aromatic N) is 5. The van der Waals surface area contributed by atoms with Crippen LogP contribution in [-0.2, 0) is 0 Å². The molecule has 4 rings (SSSR count). The van der Waals surface area contributed by atoms with E-state index in [1.165, 1.54) is 12.8 Å². The molecule has 0 saturated carbocycles. The predicted molar refractivity (Wildman–Crippen MR) is 112 cm³/mol. The van der Waals surface area contributed by atoms with Crippen molar-refractivity contribution in [3.05, 3.63) is 41.6 Å². The van der Waals surface area contributed by atoms with Crippen LogP contribution in [0, 0.1) is 6.92 Å². The first-order valence-electron chi connectivity index (χ1n) is 10.1. The third-order valence-corrected chi connectivity index (χ3v) is 6.11. The lowest BCUT2D eigenvalue weighted by Crippen LogP contribution is -2.39. The molecule has 1 aromatic carbocycles. The van der Waals surface area contributed by atoms with E-state index in [0.717, 1.165) is 42.0 Å². The first-order chi connectivity index (χ1) is 13.4. The van der Waals surface area contributed by atoms with Gasteiger partial charge in [0.05, 0.1) is 5.69 Å². The molecule has 6 heteroatoms. The van der Waals surface area contributed by atoms with Crippen LogP contribution >= 0.6 is 0 Å². The van der Waals surface area contributed by atoms with E-state index in [2.05, 4.69) is 21.9 Å². The lowest BCUT2D eigenvalue weighted by atomic mass is 10.1.